The molecule has 5 nitrogen and oxygen atoms in total. The number of nitrogens with zero attached hydrogens (tertiary/aromatic N) is 3. The first kappa shape index (κ1) is 15.9. The highest BCUT2D eigenvalue weighted by Crippen LogP contribution is 2.28. The summed E-state index contributed by atoms with van der Waals surface area (Å²) in [6.45, 7) is 5.63. The monoisotopic (exact) mass is 330 g/mol. The average molecular weight is 330 g/mol. The van der Waals surface area contributed by atoms with Gasteiger partial charge in [-0.3, -0.25) is 4.79 Å². The maximum atomic E-state index is 11.8. The lowest BCUT2D eigenvalue weighted by molar-refractivity contribution is -0.131. The van der Waals surface area contributed by atoms with E-state index >= 15 is 0 Å². The number of anilines is 2. The summed E-state index contributed by atoms with van der Waals surface area (Å²) in [4.78, 5) is 24.0. The van der Waals surface area contributed by atoms with Gasteiger partial charge in [-0.25, -0.2) is 9.97 Å². The van der Waals surface area contributed by atoms with Gasteiger partial charge in [0, 0.05) is 42.2 Å². The normalized spacial score (nSPS) is 15.7. The highest BCUT2D eigenvalue weighted by molar-refractivity contribution is 7.15. The van der Waals surface area contributed by atoms with Crippen LogP contribution < -0.4 is 5.32 Å². The van der Waals surface area contributed by atoms with Gasteiger partial charge in [-0.2, -0.15) is 0 Å². The number of thiazole rings is 1. The van der Waals surface area contributed by atoms with Crippen LogP contribution in [0.3, 0.4) is 0 Å². The fourth-order valence-corrected chi connectivity index (χ4v) is 3.59. The molecule has 0 aromatic carbocycles. The van der Waals surface area contributed by atoms with Crippen LogP contribution in [0, 0.1) is 6.92 Å². The Labute approximate surface area is 140 Å². The Kier molecular flexibility index (Phi) is 4.91. The van der Waals surface area contributed by atoms with Crippen LogP contribution in [0.4, 0.5) is 10.9 Å². The smallest absolute Gasteiger partial charge is 0.222 e. The predicted molar refractivity (Wildman–Crippen MR) is 93.2 cm³/mol. The first-order valence-corrected chi connectivity index (χ1v) is 8.91. The molecule has 3 rings (SSSR count). The number of hydrogen-bond donors (Lipinski definition) is 1. The molecule has 0 aliphatic carbocycles. The van der Waals surface area contributed by atoms with Crippen LogP contribution in [0.15, 0.2) is 24.4 Å². The Morgan fingerprint density at radius 2 is 2.17 bits per heavy atom. The molecule has 3 heterocycles. The van der Waals surface area contributed by atoms with Gasteiger partial charge in [0.15, 0.2) is 5.13 Å². The van der Waals surface area contributed by atoms with E-state index in [-0.39, 0.29) is 5.91 Å². The quantitative estimate of drug-likeness (QED) is 0.928. The van der Waals surface area contributed by atoms with Gasteiger partial charge in [0.1, 0.15) is 5.82 Å². The van der Waals surface area contributed by atoms with Crippen molar-refractivity contribution >= 4 is 28.2 Å². The molecule has 0 radical (unpaired) electrons. The fraction of sp³-hybridized carbons (Fsp3) is 0.471. The molecule has 1 fully saturated rings. The van der Waals surface area contributed by atoms with E-state index in [2.05, 4.69) is 16.4 Å². The predicted octanol–water partition coefficient (Wildman–Crippen LogP) is 3.71. The summed E-state index contributed by atoms with van der Waals surface area (Å²) in [5.74, 6) is 1.52. The van der Waals surface area contributed by atoms with Crippen LogP contribution in [0.1, 0.15) is 42.7 Å². The Morgan fingerprint density at radius 3 is 2.83 bits per heavy atom. The zero-order chi connectivity index (χ0) is 16.2. The lowest BCUT2D eigenvalue weighted by Crippen LogP contribution is -2.37. The number of pyridine rings is 1. The Morgan fingerprint density at radius 1 is 1.39 bits per heavy atom. The molecule has 0 unspecified atom stereocenters. The van der Waals surface area contributed by atoms with Crippen molar-refractivity contribution in [2.24, 2.45) is 0 Å². The van der Waals surface area contributed by atoms with E-state index in [0.29, 0.717) is 12.3 Å². The summed E-state index contributed by atoms with van der Waals surface area (Å²) >= 11 is 1.62. The van der Waals surface area contributed by atoms with Gasteiger partial charge in [-0.05, 0) is 31.9 Å². The Hall–Kier alpha value is -1.95. The number of likely N-dealkylation sites (tertiary alicyclic amines) is 1. The van der Waals surface area contributed by atoms with E-state index in [4.69, 9.17) is 4.98 Å². The molecule has 2 aromatic heterocycles. The molecular weight excluding hydrogens is 308 g/mol. The fourth-order valence-electron chi connectivity index (χ4n) is 2.92. The number of aryl methyl sites for hydroxylation is 1. The van der Waals surface area contributed by atoms with Crippen LogP contribution in [0.2, 0.25) is 0 Å². The number of aromatic nitrogens is 2. The molecule has 0 bridgehead atoms. The number of piperidine rings is 1. The van der Waals surface area contributed by atoms with Gasteiger partial charge < -0.3 is 10.2 Å². The van der Waals surface area contributed by atoms with Crippen molar-refractivity contribution in [1.29, 1.82) is 0 Å². The van der Waals surface area contributed by atoms with Gasteiger partial charge in [0.2, 0.25) is 5.91 Å². The summed E-state index contributed by atoms with van der Waals surface area (Å²) in [5, 5.41) is 4.14. The highest BCUT2D eigenvalue weighted by Gasteiger charge is 2.23. The minimum absolute atomic E-state index is 0.256. The molecule has 0 atom stereocenters. The van der Waals surface area contributed by atoms with Crippen molar-refractivity contribution in [3.8, 4) is 0 Å². The number of nitrogens with one attached hydrogen (secondary N) is 1. The topological polar surface area (TPSA) is 58.1 Å². The van der Waals surface area contributed by atoms with Crippen molar-refractivity contribution in [3.05, 3.63) is 35.0 Å². The minimum atomic E-state index is 0.256. The molecule has 23 heavy (non-hydrogen) atoms. The second-order valence-corrected chi connectivity index (χ2v) is 7.09. The third-order valence-electron chi connectivity index (χ3n) is 4.20. The number of rotatable bonds is 4. The third kappa shape index (κ3) is 3.88. The van der Waals surface area contributed by atoms with Gasteiger partial charge >= 0.3 is 0 Å². The Balaban J connectivity index is 1.65. The van der Waals surface area contributed by atoms with E-state index in [1.54, 1.807) is 11.3 Å². The van der Waals surface area contributed by atoms with Gasteiger partial charge in [-0.1, -0.05) is 13.0 Å². The number of carbonyl (C=O) groups excluding carboxylic acids is 1. The van der Waals surface area contributed by atoms with Crippen LogP contribution in [-0.4, -0.2) is 33.9 Å². The first-order valence-electron chi connectivity index (χ1n) is 8.10. The van der Waals surface area contributed by atoms with Crippen molar-refractivity contribution in [1.82, 2.24) is 14.9 Å². The van der Waals surface area contributed by atoms with E-state index < -0.39 is 0 Å². The summed E-state index contributed by atoms with van der Waals surface area (Å²) in [6, 6.07) is 6.09. The molecule has 0 saturated carbocycles. The third-order valence-corrected chi connectivity index (χ3v) is 5.02. The molecule has 6 heteroatoms. The summed E-state index contributed by atoms with van der Waals surface area (Å²) in [5.41, 5.74) is 1.10. The van der Waals surface area contributed by atoms with Crippen LogP contribution in [0.5, 0.6) is 0 Å². The zero-order valence-corrected chi connectivity index (χ0v) is 14.4. The summed E-state index contributed by atoms with van der Waals surface area (Å²) in [7, 11) is 0. The summed E-state index contributed by atoms with van der Waals surface area (Å²) < 4.78 is 0. The molecule has 1 aliphatic heterocycles. The molecule has 122 valence electrons. The van der Waals surface area contributed by atoms with Crippen molar-refractivity contribution in [2.75, 3.05) is 18.4 Å². The van der Waals surface area contributed by atoms with Crippen LogP contribution >= 0.6 is 11.3 Å². The molecule has 1 N–H and O–H groups in total. The standard InChI is InChI=1S/C17H22N4OS/c1-3-16(22)21-9-7-13(8-10-21)14-5-4-6-15(19-14)20-17-18-11-12(2)23-17/h4-6,11,13H,3,7-10H2,1-2H3,(H,18,19,20). The number of hydrogen-bond acceptors (Lipinski definition) is 5. The minimum Gasteiger partial charge on any atom is -0.343 e. The van der Waals surface area contributed by atoms with Crippen molar-refractivity contribution < 1.29 is 4.79 Å². The summed E-state index contributed by atoms with van der Waals surface area (Å²) in [6.07, 6.45) is 4.42. The SMILES string of the molecule is CCC(=O)N1CCC(c2cccc(Nc3ncc(C)s3)n2)CC1. The van der Waals surface area contributed by atoms with E-state index in [1.165, 1.54) is 4.88 Å². The molecule has 1 amide bonds. The molecular formula is C17H22N4OS. The van der Waals surface area contributed by atoms with Gasteiger partial charge in [-0.15, -0.1) is 11.3 Å². The Bertz CT molecular complexity index is 677. The highest BCUT2D eigenvalue weighted by atomic mass is 32.1. The number of carbonyl (C=O) groups is 1. The maximum absolute atomic E-state index is 11.8. The first-order chi connectivity index (χ1) is 11.2. The molecule has 0 spiro atoms. The second kappa shape index (κ2) is 7.08. The molecule has 2 aromatic rings. The molecule has 1 saturated heterocycles. The van der Waals surface area contributed by atoms with Gasteiger partial charge in [0.05, 0.1) is 0 Å². The van der Waals surface area contributed by atoms with Crippen LogP contribution in [0.25, 0.3) is 0 Å². The van der Waals surface area contributed by atoms with E-state index in [0.717, 1.165) is 42.6 Å². The van der Waals surface area contributed by atoms with Crippen LogP contribution in [-0.2, 0) is 4.79 Å². The molecule has 1 aliphatic rings. The van der Waals surface area contributed by atoms with Gasteiger partial charge in [0.25, 0.3) is 0 Å². The van der Waals surface area contributed by atoms with Crippen molar-refractivity contribution in [3.63, 3.8) is 0 Å². The van der Waals surface area contributed by atoms with Crippen molar-refractivity contribution in [2.45, 2.75) is 39.0 Å². The lowest BCUT2D eigenvalue weighted by atomic mass is 9.93. The number of amides is 1. The maximum Gasteiger partial charge on any atom is 0.222 e. The largest absolute Gasteiger partial charge is 0.343 e. The lowest BCUT2D eigenvalue weighted by Gasteiger charge is -2.31. The average Bonchev–Trinajstić information content (AvgIpc) is 2.99. The second-order valence-electron chi connectivity index (χ2n) is 5.86. The van der Waals surface area contributed by atoms with E-state index in [9.17, 15) is 4.79 Å². The zero-order valence-electron chi connectivity index (χ0n) is 13.6. The van der Waals surface area contributed by atoms with E-state index in [1.807, 2.05) is 37.1 Å².